The van der Waals surface area contributed by atoms with Crippen molar-refractivity contribution in [3.8, 4) is 0 Å². The fourth-order valence-electron chi connectivity index (χ4n) is 4.09. The van der Waals surface area contributed by atoms with Gasteiger partial charge in [-0.2, -0.15) is 0 Å². The van der Waals surface area contributed by atoms with Gasteiger partial charge < -0.3 is 27.5 Å². The third-order valence-corrected chi connectivity index (χ3v) is 9.93. The zero-order valence-electron chi connectivity index (χ0n) is 17.8. The molecule has 0 fully saturated rings. The third kappa shape index (κ3) is 4.48. The highest BCUT2D eigenvalue weighted by atomic mass is 79.9. The average Bonchev–Trinajstić information content (AvgIpc) is 2.84. The smallest absolute Gasteiger partial charge is 0.338 e. The van der Waals surface area contributed by atoms with Gasteiger partial charge in [0.15, 0.2) is 0 Å². The number of carbonyl (C=O) groups excluding carboxylic acids is 1. The molecule has 5 heteroatoms. The molecule has 0 aliphatic rings. The number of anilines is 1. The lowest BCUT2D eigenvalue weighted by Crippen LogP contribution is -3.00. The minimum Gasteiger partial charge on any atom is -1.00 e. The number of ether oxygens (including phenoxy) is 1. The van der Waals surface area contributed by atoms with Crippen LogP contribution in [0.5, 0.6) is 0 Å². The molecule has 0 bridgehead atoms. The van der Waals surface area contributed by atoms with E-state index in [9.17, 15) is 4.79 Å². The van der Waals surface area contributed by atoms with E-state index >= 15 is 0 Å². The van der Waals surface area contributed by atoms with Gasteiger partial charge >= 0.3 is 5.97 Å². The molecule has 0 aliphatic carbocycles. The largest absolute Gasteiger partial charge is 1.00 e. The summed E-state index contributed by atoms with van der Waals surface area (Å²) in [4.78, 5) is 12.6. The molecule has 0 aromatic heterocycles. The van der Waals surface area contributed by atoms with E-state index in [-0.39, 0.29) is 23.0 Å². The van der Waals surface area contributed by atoms with Crippen LogP contribution in [-0.2, 0) is 10.9 Å². The lowest BCUT2D eigenvalue weighted by atomic mass is 10.1. The third-order valence-electron chi connectivity index (χ3n) is 5.60. The maximum Gasteiger partial charge on any atom is 0.338 e. The number of methoxy groups -OCH3 is 1. The van der Waals surface area contributed by atoms with E-state index in [4.69, 9.17) is 10.5 Å². The molecular weight excluding hydrogens is 481 g/mol. The Morgan fingerprint density at radius 3 is 1.56 bits per heavy atom. The van der Waals surface area contributed by atoms with Gasteiger partial charge in [0.05, 0.1) is 12.7 Å². The molecule has 32 heavy (non-hydrogen) atoms. The molecule has 0 spiro atoms. The zero-order valence-corrected chi connectivity index (χ0v) is 20.3. The maximum absolute atomic E-state index is 12.6. The normalized spacial score (nSPS) is 10.8. The van der Waals surface area contributed by atoms with Gasteiger partial charge in [0.25, 0.3) is 0 Å². The number of hydrogen-bond acceptors (Lipinski definition) is 3. The molecule has 0 heterocycles. The Bertz CT molecular complexity index is 1070. The summed E-state index contributed by atoms with van der Waals surface area (Å²) in [7, 11) is -0.761. The second-order valence-electron chi connectivity index (χ2n) is 7.34. The zero-order chi connectivity index (χ0) is 21.7. The lowest BCUT2D eigenvalue weighted by molar-refractivity contribution is -0.0000208. The predicted octanol–water partition coefficient (Wildman–Crippen LogP) is 1.55. The van der Waals surface area contributed by atoms with Crippen molar-refractivity contribution in [3.05, 3.63) is 120 Å². The molecule has 4 aromatic carbocycles. The van der Waals surface area contributed by atoms with E-state index in [1.165, 1.54) is 23.0 Å². The summed E-state index contributed by atoms with van der Waals surface area (Å²) in [5, 5.41) is 3.73. The van der Waals surface area contributed by atoms with Crippen molar-refractivity contribution in [3.63, 3.8) is 0 Å². The Morgan fingerprint density at radius 1 is 0.719 bits per heavy atom. The minimum atomic E-state index is -2.17. The van der Waals surface area contributed by atoms with Crippen LogP contribution in [-0.4, -0.2) is 13.1 Å². The number of nitrogen functional groups attached to an aromatic ring is 1. The molecule has 4 aromatic rings. The monoisotopic (exact) mass is 505 g/mol. The van der Waals surface area contributed by atoms with Crippen molar-refractivity contribution in [2.24, 2.45) is 0 Å². The Labute approximate surface area is 200 Å². The first-order chi connectivity index (χ1) is 15.2. The van der Waals surface area contributed by atoms with Gasteiger partial charge in [-0.05, 0) is 48.5 Å². The molecule has 3 nitrogen and oxygen atoms in total. The summed E-state index contributed by atoms with van der Waals surface area (Å²) in [5.41, 5.74) is 8.43. The number of benzene rings is 4. The molecule has 162 valence electrons. The SMILES string of the molecule is COC(=O)c1cccc(N)c1C[P+](c1ccccc1)(c1ccccc1)c1ccccc1.[Br-]. The number of hydrogen-bond donors (Lipinski definition) is 1. The summed E-state index contributed by atoms with van der Waals surface area (Å²) < 4.78 is 5.08. The van der Waals surface area contributed by atoms with Crippen molar-refractivity contribution in [1.29, 1.82) is 0 Å². The van der Waals surface area contributed by atoms with E-state index in [2.05, 4.69) is 72.8 Å². The van der Waals surface area contributed by atoms with Crippen LogP contribution < -0.4 is 38.6 Å². The van der Waals surface area contributed by atoms with Gasteiger partial charge in [0, 0.05) is 11.3 Å². The van der Waals surface area contributed by atoms with E-state index in [1.807, 2.05) is 24.3 Å². The molecule has 0 unspecified atom stereocenters. The standard InChI is InChI=1S/C27H25NO2P.BrH/c1-30-27(29)24-18-11-19-26(28)25(24)20-31(21-12-5-2-6-13-21,22-14-7-3-8-15-22)23-16-9-4-10-17-23;/h2-19H,20,28H2,1H3;1H/q+1;/p-1. The van der Waals surface area contributed by atoms with Crippen molar-refractivity contribution in [2.45, 2.75) is 6.16 Å². The van der Waals surface area contributed by atoms with Crippen molar-refractivity contribution >= 4 is 34.8 Å². The van der Waals surface area contributed by atoms with Crippen LogP contribution >= 0.6 is 7.26 Å². The Morgan fingerprint density at radius 2 is 1.16 bits per heavy atom. The molecule has 0 aliphatic heterocycles. The molecule has 0 radical (unpaired) electrons. The van der Waals surface area contributed by atoms with Gasteiger partial charge in [-0.3, -0.25) is 0 Å². The van der Waals surface area contributed by atoms with Crippen LogP contribution in [0.1, 0.15) is 15.9 Å². The summed E-state index contributed by atoms with van der Waals surface area (Å²) in [6.45, 7) is 0. The molecule has 0 atom stereocenters. The number of nitrogens with two attached hydrogens (primary N) is 1. The second kappa shape index (κ2) is 10.6. The Hall–Kier alpha value is -2.94. The fourth-order valence-corrected chi connectivity index (χ4v) is 8.40. The second-order valence-corrected chi connectivity index (χ2v) is 10.8. The van der Waals surface area contributed by atoms with Crippen LogP contribution in [0.25, 0.3) is 0 Å². The summed E-state index contributed by atoms with van der Waals surface area (Å²) in [6.07, 6.45) is 0.627. The van der Waals surface area contributed by atoms with Crippen LogP contribution in [0.3, 0.4) is 0 Å². The number of esters is 1. The van der Waals surface area contributed by atoms with Crippen LogP contribution in [0.2, 0.25) is 0 Å². The van der Waals surface area contributed by atoms with Crippen molar-refractivity contribution in [1.82, 2.24) is 0 Å². The highest BCUT2D eigenvalue weighted by molar-refractivity contribution is 7.95. The van der Waals surface area contributed by atoms with Gasteiger partial charge in [0.1, 0.15) is 29.3 Å². The molecule has 4 rings (SSSR count). The summed E-state index contributed by atoms with van der Waals surface area (Å²) >= 11 is 0. The van der Waals surface area contributed by atoms with E-state index in [0.29, 0.717) is 17.4 Å². The predicted molar refractivity (Wildman–Crippen MR) is 131 cm³/mol. The minimum absolute atomic E-state index is 0. The molecule has 0 amide bonds. The number of rotatable bonds is 6. The highest BCUT2D eigenvalue weighted by Crippen LogP contribution is 2.59. The van der Waals surface area contributed by atoms with Gasteiger partial charge in [0.2, 0.25) is 0 Å². The number of carbonyl (C=O) groups is 1. The van der Waals surface area contributed by atoms with Gasteiger partial charge in [-0.25, -0.2) is 4.79 Å². The molecule has 2 N–H and O–H groups in total. The van der Waals surface area contributed by atoms with Crippen LogP contribution in [0.15, 0.2) is 109 Å². The van der Waals surface area contributed by atoms with E-state index < -0.39 is 7.26 Å². The van der Waals surface area contributed by atoms with Crippen LogP contribution in [0, 0.1) is 0 Å². The van der Waals surface area contributed by atoms with Gasteiger partial charge in [-0.15, -0.1) is 0 Å². The number of halogens is 1. The highest BCUT2D eigenvalue weighted by Gasteiger charge is 2.46. The molecule has 0 saturated heterocycles. The van der Waals surface area contributed by atoms with E-state index in [0.717, 1.165) is 5.56 Å². The lowest BCUT2D eigenvalue weighted by Gasteiger charge is -2.28. The van der Waals surface area contributed by atoms with Crippen molar-refractivity contribution < 1.29 is 26.5 Å². The molecular formula is C27H25BrNO2P. The first-order valence-electron chi connectivity index (χ1n) is 10.2. The average molecular weight is 506 g/mol. The van der Waals surface area contributed by atoms with Crippen LogP contribution in [0.4, 0.5) is 5.69 Å². The maximum atomic E-state index is 12.6. The van der Waals surface area contributed by atoms with Gasteiger partial charge in [-0.1, -0.05) is 60.7 Å². The summed E-state index contributed by atoms with van der Waals surface area (Å²) in [5.74, 6) is -0.366. The quantitative estimate of drug-likeness (QED) is 0.246. The van der Waals surface area contributed by atoms with E-state index in [1.54, 1.807) is 12.1 Å². The molecule has 0 saturated carbocycles. The Kier molecular flexibility index (Phi) is 7.84. The topological polar surface area (TPSA) is 52.3 Å². The first-order valence-corrected chi connectivity index (χ1v) is 12.1. The Balaban J connectivity index is 0.00000289. The summed E-state index contributed by atoms with van der Waals surface area (Å²) in [6, 6.07) is 37.1. The first kappa shape index (κ1) is 23.7. The van der Waals surface area contributed by atoms with Crippen molar-refractivity contribution in [2.75, 3.05) is 12.8 Å². The fraction of sp³-hybridized carbons (Fsp3) is 0.0741.